The van der Waals surface area contributed by atoms with Crippen LogP contribution in [0.3, 0.4) is 0 Å². The second kappa shape index (κ2) is 10.9. The maximum Gasteiger partial charge on any atom is 0.227 e. The minimum atomic E-state index is 0.0922. The van der Waals surface area contributed by atoms with Crippen molar-refractivity contribution in [1.82, 2.24) is 4.98 Å². The average Bonchev–Trinajstić information content (AvgIpc) is 2.64. The van der Waals surface area contributed by atoms with Crippen LogP contribution in [0.15, 0.2) is 36.5 Å². The van der Waals surface area contributed by atoms with E-state index in [9.17, 15) is 4.79 Å². The van der Waals surface area contributed by atoms with Crippen LogP contribution in [-0.4, -0.2) is 10.9 Å². The number of nitrogens with zero attached hydrogens (tertiary/aromatic N) is 1. The predicted octanol–water partition coefficient (Wildman–Crippen LogP) is 6.34. The molecule has 1 aromatic heterocycles. The van der Waals surface area contributed by atoms with Crippen molar-refractivity contribution in [3.8, 4) is 0 Å². The normalized spacial score (nSPS) is 12.2. The summed E-state index contributed by atoms with van der Waals surface area (Å²) < 4.78 is 0. The summed E-state index contributed by atoms with van der Waals surface area (Å²) in [6, 6.07) is 9.87. The van der Waals surface area contributed by atoms with Crippen LogP contribution < -0.4 is 5.32 Å². The van der Waals surface area contributed by atoms with E-state index >= 15 is 0 Å². The smallest absolute Gasteiger partial charge is 0.227 e. The molecular formula is C22H32N2O. The molecule has 0 radical (unpaired) electrons. The summed E-state index contributed by atoms with van der Waals surface area (Å²) in [5.41, 5.74) is 1.69. The van der Waals surface area contributed by atoms with Gasteiger partial charge in [0.2, 0.25) is 5.91 Å². The monoisotopic (exact) mass is 340 g/mol. The number of nitrogens with one attached hydrogen (secondary N) is 1. The minimum absolute atomic E-state index is 0.0922. The van der Waals surface area contributed by atoms with Gasteiger partial charge in [0.25, 0.3) is 0 Å². The zero-order valence-electron chi connectivity index (χ0n) is 15.8. The van der Waals surface area contributed by atoms with E-state index in [1.807, 2.05) is 30.3 Å². The number of rotatable bonds is 11. The van der Waals surface area contributed by atoms with Crippen LogP contribution in [0.2, 0.25) is 0 Å². The number of anilines is 1. The Bertz CT molecular complexity index is 648. The first kappa shape index (κ1) is 19.4. The number of carbonyl (C=O) groups is 1. The first-order chi connectivity index (χ1) is 12.3. The predicted molar refractivity (Wildman–Crippen MR) is 107 cm³/mol. The summed E-state index contributed by atoms with van der Waals surface area (Å²) in [5.74, 6) is 0.223. The molecule has 3 heteroatoms. The van der Waals surface area contributed by atoms with Gasteiger partial charge in [0.1, 0.15) is 0 Å². The highest BCUT2D eigenvalue weighted by molar-refractivity contribution is 6.00. The van der Waals surface area contributed by atoms with E-state index in [0.29, 0.717) is 0 Å². The second-order valence-electron chi connectivity index (χ2n) is 6.89. The van der Waals surface area contributed by atoms with Crippen molar-refractivity contribution in [3.05, 3.63) is 36.5 Å². The Balaban J connectivity index is 1.83. The Morgan fingerprint density at radius 3 is 2.48 bits per heavy atom. The van der Waals surface area contributed by atoms with Crippen molar-refractivity contribution in [2.45, 2.75) is 71.6 Å². The lowest BCUT2D eigenvalue weighted by Crippen LogP contribution is -2.22. The zero-order chi connectivity index (χ0) is 17.9. The van der Waals surface area contributed by atoms with Crippen LogP contribution in [-0.2, 0) is 4.79 Å². The number of aromatic nitrogens is 1. The first-order valence-corrected chi connectivity index (χ1v) is 9.90. The third-order valence-corrected chi connectivity index (χ3v) is 4.91. The SMILES string of the molecule is CCCCCCCCCC(CC)C(=O)Nc1cccc2cccnc12. The number of hydrogen-bond acceptors (Lipinski definition) is 2. The fourth-order valence-corrected chi connectivity index (χ4v) is 3.31. The molecule has 2 aromatic rings. The van der Waals surface area contributed by atoms with Gasteiger partial charge in [0.05, 0.1) is 11.2 Å². The van der Waals surface area contributed by atoms with Crippen LogP contribution in [0.1, 0.15) is 71.6 Å². The Kier molecular flexibility index (Phi) is 8.44. The van der Waals surface area contributed by atoms with Gasteiger partial charge in [0, 0.05) is 17.5 Å². The molecule has 0 bridgehead atoms. The molecule has 3 nitrogen and oxygen atoms in total. The van der Waals surface area contributed by atoms with Gasteiger partial charge in [-0.1, -0.05) is 77.0 Å². The third kappa shape index (κ3) is 6.15. The quantitative estimate of drug-likeness (QED) is 0.485. The van der Waals surface area contributed by atoms with Crippen molar-refractivity contribution in [3.63, 3.8) is 0 Å². The number of hydrogen-bond donors (Lipinski definition) is 1. The van der Waals surface area contributed by atoms with Gasteiger partial charge in [-0.25, -0.2) is 0 Å². The lowest BCUT2D eigenvalue weighted by molar-refractivity contribution is -0.120. The molecule has 0 saturated carbocycles. The van der Waals surface area contributed by atoms with Gasteiger partial charge >= 0.3 is 0 Å². The molecule has 25 heavy (non-hydrogen) atoms. The summed E-state index contributed by atoms with van der Waals surface area (Å²) in [7, 11) is 0. The highest BCUT2D eigenvalue weighted by Crippen LogP contribution is 2.23. The van der Waals surface area contributed by atoms with E-state index < -0.39 is 0 Å². The van der Waals surface area contributed by atoms with Gasteiger partial charge < -0.3 is 5.32 Å². The van der Waals surface area contributed by atoms with Crippen molar-refractivity contribution >= 4 is 22.5 Å². The number of pyridine rings is 1. The highest BCUT2D eigenvalue weighted by Gasteiger charge is 2.17. The lowest BCUT2D eigenvalue weighted by atomic mass is 9.96. The van der Waals surface area contributed by atoms with E-state index in [1.54, 1.807) is 6.20 Å². The zero-order valence-corrected chi connectivity index (χ0v) is 15.8. The Hall–Kier alpha value is -1.90. The van der Waals surface area contributed by atoms with Crippen LogP contribution in [0.25, 0.3) is 10.9 Å². The molecule has 1 amide bonds. The van der Waals surface area contributed by atoms with E-state index in [-0.39, 0.29) is 11.8 Å². The van der Waals surface area contributed by atoms with Crippen LogP contribution in [0.5, 0.6) is 0 Å². The van der Waals surface area contributed by atoms with E-state index in [1.165, 1.54) is 38.5 Å². The minimum Gasteiger partial charge on any atom is -0.324 e. The van der Waals surface area contributed by atoms with Crippen molar-refractivity contribution < 1.29 is 4.79 Å². The molecule has 1 N–H and O–H groups in total. The summed E-state index contributed by atoms with van der Waals surface area (Å²) in [6.45, 7) is 4.35. The summed E-state index contributed by atoms with van der Waals surface area (Å²) in [5, 5.41) is 4.16. The number of para-hydroxylation sites is 1. The molecular weight excluding hydrogens is 308 g/mol. The molecule has 2 rings (SSSR count). The molecule has 0 spiro atoms. The fraction of sp³-hybridized carbons (Fsp3) is 0.545. The average molecular weight is 341 g/mol. The third-order valence-electron chi connectivity index (χ3n) is 4.91. The first-order valence-electron chi connectivity index (χ1n) is 9.90. The number of fused-ring (bicyclic) bond motifs is 1. The maximum atomic E-state index is 12.7. The lowest BCUT2D eigenvalue weighted by Gasteiger charge is -2.15. The molecule has 1 unspecified atom stereocenters. The molecule has 1 atom stereocenters. The molecule has 0 fully saturated rings. The van der Waals surface area contributed by atoms with E-state index in [4.69, 9.17) is 0 Å². The number of amides is 1. The highest BCUT2D eigenvalue weighted by atomic mass is 16.1. The maximum absolute atomic E-state index is 12.7. The van der Waals surface area contributed by atoms with Gasteiger partial charge in [0.15, 0.2) is 0 Å². The van der Waals surface area contributed by atoms with Crippen LogP contribution in [0.4, 0.5) is 5.69 Å². The van der Waals surface area contributed by atoms with Gasteiger partial charge in [-0.2, -0.15) is 0 Å². The van der Waals surface area contributed by atoms with E-state index in [2.05, 4.69) is 24.1 Å². The Morgan fingerprint density at radius 1 is 1.00 bits per heavy atom. The van der Waals surface area contributed by atoms with Gasteiger partial charge in [-0.3, -0.25) is 9.78 Å². The Labute approximate surface area is 152 Å². The molecule has 0 aliphatic carbocycles. The van der Waals surface area contributed by atoms with Crippen LogP contribution >= 0.6 is 0 Å². The number of carbonyl (C=O) groups excluding carboxylic acids is 1. The molecule has 0 aliphatic heterocycles. The fourth-order valence-electron chi connectivity index (χ4n) is 3.31. The number of unbranched alkanes of at least 4 members (excludes halogenated alkanes) is 6. The summed E-state index contributed by atoms with van der Waals surface area (Å²) >= 11 is 0. The summed E-state index contributed by atoms with van der Waals surface area (Å²) in [4.78, 5) is 17.1. The Morgan fingerprint density at radius 2 is 1.72 bits per heavy atom. The standard InChI is InChI=1S/C22H32N2O/c1-3-5-6-7-8-9-10-13-18(4-2)22(25)24-20-16-11-14-19-15-12-17-23-21(19)20/h11-12,14-18H,3-10,13H2,1-2H3,(H,24,25). The number of benzene rings is 1. The molecule has 0 aliphatic rings. The molecule has 1 heterocycles. The molecule has 136 valence electrons. The summed E-state index contributed by atoms with van der Waals surface area (Å²) in [6.07, 6.45) is 12.6. The topological polar surface area (TPSA) is 42.0 Å². The van der Waals surface area contributed by atoms with Crippen molar-refractivity contribution in [2.75, 3.05) is 5.32 Å². The van der Waals surface area contributed by atoms with Gasteiger partial charge in [-0.15, -0.1) is 0 Å². The largest absolute Gasteiger partial charge is 0.324 e. The molecule has 1 aromatic carbocycles. The van der Waals surface area contributed by atoms with E-state index in [0.717, 1.165) is 35.9 Å². The van der Waals surface area contributed by atoms with Gasteiger partial charge in [-0.05, 0) is 25.0 Å². The van der Waals surface area contributed by atoms with Crippen molar-refractivity contribution in [2.24, 2.45) is 5.92 Å². The van der Waals surface area contributed by atoms with Crippen LogP contribution in [0, 0.1) is 5.92 Å². The van der Waals surface area contributed by atoms with Crippen molar-refractivity contribution in [1.29, 1.82) is 0 Å². The second-order valence-corrected chi connectivity index (χ2v) is 6.89. The molecule has 0 saturated heterocycles.